The van der Waals surface area contributed by atoms with E-state index in [1.54, 1.807) is 48.5 Å². The molecule has 0 spiro atoms. The molecule has 256 valence electrons. The Morgan fingerprint density at radius 1 is 0.857 bits per heavy atom. The summed E-state index contributed by atoms with van der Waals surface area (Å²) in [6.45, 7) is 0. The van der Waals surface area contributed by atoms with Gasteiger partial charge in [-0.2, -0.15) is 4.72 Å². The van der Waals surface area contributed by atoms with Gasteiger partial charge in [-0.1, -0.05) is 48.5 Å². The van der Waals surface area contributed by atoms with Crippen LogP contribution in [0.15, 0.2) is 96.8 Å². The van der Waals surface area contributed by atoms with Crippen LogP contribution in [0, 0.1) is 0 Å². The van der Waals surface area contributed by atoms with Gasteiger partial charge in [0.15, 0.2) is 0 Å². The number of para-hydroxylation sites is 1. The van der Waals surface area contributed by atoms with Gasteiger partial charge in [0.1, 0.15) is 28.9 Å². The first-order chi connectivity index (χ1) is 23.4. The lowest BCUT2D eigenvalue weighted by atomic mass is 10.1. The molecule has 3 aromatic heterocycles. The molecule has 49 heavy (non-hydrogen) atoms. The number of hydrogen-bond acceptors (Lipinski definition) is 9. The Morgan fingerprint density at radius 2 is 1.51 bits per heavy atom. The number of carbonyl (C=O) groups excluding carboxylic acids is 3. The van der Waals surface area contributed by atoms with Crippen molar-refractivity contribution in [2.45, 2.75) is 42.0 Å². The Bertz CT molecular complexity index is 2060. The van der Waals surface area contributed by atoms with Crippen molar-refractivity contribution >= 4 is 46.0 Å². The number of imidazole rings is 2. The number of aromatic amines is 2. The number of fused-ring (bicyclic) bond motifs is 1. The summed E-state index contributed by atoms with van der Waals surface area (Å²) in [5, 5.41) is 5.52. The number of nitrogens with one attached hydrogen (secondary N) is 5. The minimum Gasteiger partial charge on any atom is -0.368 e. The SMILES string of the molecule is NC(=O)C(Cc1cnc[nH]1)NC(=O)[C@H](Cc1cnc[nH]1)NC(=O)CP(=O)(O)[C@@H](Cc1ccccc1)NS(=O)(=O)c1cccc2cccnc12. The summed E-state index contributed by atoms with van der Waals surface area (Å²) in [4.78, 5) is 67.8. The van der Waals surface area contributed by atoms with Crippen LogP contribution in [0.25, 0.3) is 10.9 Å². The number of nitrogens with zero attached hydrogens (tertiary/aromatic N) is 3. The first-order valence-corrected chi connectivity index (χ1v) is 18.4. The van der Waals surface area contributed by atoms with E-state index in [0.29, 0.717) is 22.3 Å². The molecule has 5 aromatic rings. The smallest absolute Gasteiger partial charge is 0.243 e. The number of pyridine rings is 1. The van der Waals surface area contributed by atoms with Gasteiger partial charge in [0.25, 0.3) is 0 Å². The second-order valence-electron chi connectivity index (χ2n) is 11.2. The molecule has 2 aromatic carbocycles. The molecule has 0 aliphatic carbocycles. The normalized spacial score (nSPS) is 14.7. The van der Waals surface area contributed by atoms with E-state index >= 15 is 0 Å². The quantitative estimate of drug-likeness (QED) is 0.0708. The number of benzene rings is 2. The molecule has 0 aliphatic heterocycles. The highest BCUT2D eigenvalue weighted by molar-refractivity contribution is 7.90. The van der Waals surface area contributed by atoms with Gasteiger partial charge in [0.05, 0.1) is 18.2 Å². The van der Waals surface area contributed by atoms with Gasteiger partial charge < -0.3 is 31.2 Å². The summed E-state index contributed by atoms with van der Waals surface area (Å²) in [6.07, 6.45) is 5.67. The molecule has 0 radical (unpaired) electrons. The maximum Gasteiger partial charge on any atom is 0.243 e. The standard InChI is InChI=1S/C31H34N9O7PS/c32-30(42)24(13-22-15-33-18-36-22)39-31(43)25(14-23-16-34-19-37-23)38-27(41)17-48(44,45)28(12-20-6-2-1-3-7-20)40-49(46,47)26-10-4-8-21-9-5-11-35-29(21)26/h1-11,15-16,18-19,24-25,28,40H,12-14,17H2,(H2,32,42)(H,33,36)(H,34,37)(H,38,41)(H,39,43)(H,44,45)/t24?,25-,28-/m0/s1. The molecular formula is C31H34N9O7PS. The first-order valence-electron chi connectivity index (χ1n) is 15.0. The van der Waals surface area contributed by atoms with Crippen molar-refractivity contribution < 1.29 is 32.3 Å². The number of carbonyl (C=O) groups is 3. The third-order valence-corrected chi connectivity index (χ3v) is 11.3. The van der Waals surface area contributed by atoms with E-state index < -0.39 is 59.1 Å². The molecule has 0 bridgehead atoms. The number of aromatic nitrogens is 5. The van der Waals surface area contributed by atoms with E-state index in [1.165, 1.54) is 43.4 Å². The average molecular weight is 708 g/mol. The maximum atomic E-state index is 14.0. The maximum absolute atomic E-state index is 14.0. The fourth-order valence-corrected chi connectivity index (χ4v) is 8.68. The van der Waals surface area contributed by atoms with Crippen LogP contribution in [-0.2, 0) is 48.2 Å². The van der Waals surface area contributed by atoms with Gasteiger partial charge in [-0.3, -0.25) is 23.9 Å². The number of sulfonamides is 1. The van der Waals surface area contributed by atoms with Crippen molar-refractivity contribution in [1.29, 1.82) is 0 Å². The van der Waals surface area contributed by atoms with Gasteiger partial charge in [-0.05, 0) is 24.1 Å². The minimum atomic E-state index is -4.70. The molecule has 4 atom stereocenters. The van der Waals surface area contributed by atoms with E-state index in [4.69, 9.17) is 5.73 Å². The largest absolute Gasteiger partial charge is 0.368 e. The van der Waals surface area contributed by atoms with E-state index in [1.807, 2.05) is 0 Å². The van der Waals surface area contributed by atoms with Crippen molar-refractivity contribution in [3.05, 3.63) is 109 Å². The summed E-state index contributed by atoms with van der Waals surface area (Å²) in [5.41, 5.74) is 7.18. The zero-order valence-electron chi connectivity index (χ0n) is 25.9. The fraction of sp³-hybridized carbons (Fsp3) is 0.226. The van der Waals surface area contributed by atoms with Crippen LogP contribution in [-0.4, -0.2) is 80.0 Å². The van der Waals surface area contributed by atoms with Crippen LogP contribution in [0.1, 0.15) is 17.0 Å². The third-order valence-electron chi connectivity index (χ3n) is 7.57. The molecule has 3 heterocycles. The highest BCUT2D eigenvalue weighted by atomic mass is 32.2. The molecule has 18 heteroatoms. The zero-order valence-corrected chi connectivity index (χ0v) is 27.6. The van der Waals surface area contributed by atoms with Gasteiger partial charge in [0.2, 0.25) is 35.1 Å². The van der Waals surface area contributed by atoms with Crippen molar-refractivity contribution in [2.75, 3.05) is 6.16 Å². The van der Waals surface area contributed by atoms with E-state index in [2.05, 4.69) is 40.3 Å². The number of rotatable bonds is 16. The molecule has 8 N–H and O–H groups in total. The molecule has 0 fully saturated rings. The van der Waals surface area contributed by atoms with Crippen LogP contribution >= 0.6 is 7.37 Å². The molecule has 16 nitrogen and oxygen atoms in total. The van der Waals surface area contributed by atoms with Crippen molar-refractivity contribution in [3.63, 3.8) is 0 Å². The van der Waals surface area contributed by atoms with Crippen LogP contribution in [0.3, 0.4) is 0 Å². The van der Waals surface area contributed by atoms with Gasteiger partial charge in [0, 0.05) is 48.2 Å². The van der Waals surface area contributed by atoms with Crippen molar-refractivity contribution in [3.8, 4) is 0 Å². The fourth-order valence-electron chi connectivity index (χ4n) is 5.13. The number of amides is 3. The van der Waals surface area contributed by atoms with Crippen molar-refractivity contribution in [1.82, 2.24) is 40.3 Å². The lowest BCUT2D eigenvalue weighted by molar-refractivity contribution is -0.130. The van der Waals surface area contributed by atoms with E-state index in [0.717, 1.165) is 0 Å². The predicted molar refractivity (Wildman–Crippen MR) is 178 cm³/mol. The van der Waals surface area contributed by atoms with Crippen LogP contribution in [0.2, 0.25) is 0 Å². The molecular weight excluding hydrogens is 673 g/mol. The first kappa shape index (κ1) is 35.1. The highest BCUT2D eigenvalue weighted by Crippen LogP contribution is 2.46. The van der Waals surface area contributed by atoms with E-state index in [-0.39, 0.29) is 29.7 Å². The Morgan fingerprint density at radius 3 is 2.14 bits per heavy atom. The van der Waals surface area contributed by atoms with Crippen LogP contribution < -0.4 is 21.1 Å². The Hall–Kier alpha value is -5.22. The lowest BCUT2D eigenvalue weighted by Crippen LogP contribution is -2.54. The summed E-state index contributed by atoms with van der Waals surface area (Å²) < 4.78 is 43.7. The predicted octanol–water partition coefficient (Wildman–Crippen LogP) is 0.739. The average Bonchev–Trinajstić information content (AvgIpc) is 3.78. The van der Waals surface area contributed by atoms with Crippen LogP contribution in [0.4, 0.5) is 0 Å². The topological polar surface area (TPSA) is 255 Å². The van der Waals surface area contributed by atoms with Gasteiger partial charge in [-0.25, -0.2) is 18.4 Å². The second-order valence-corrected chi connectivity index (χ2v) is 15.4. The highest BCUT2D eigenvalue weighted by Gasteiger charge is 2.38. The summed E-state index contributed by atoms with van der Waals surface area (Å²) >= 11 is 0. The summed E-state index contributed by atoms with van der Waals surface area (Å²) in [7, 11) is -9.14. The number of nitrogens with two attached hydrogens (primary N) is 1. The minimum absolute atomic E-state index is 0.00876. The third kappa shape index (κ3) is 9.23. The second kappa shape index (κ2) is 15.3. The molecule has 0 aliphatic rings. The molecule has 0 saturated carbocycles. The van der Waals surface area contributed by atoms with Crippen LogP contribution in [0.5, 0.6) is 0 Å². The van der Waals surface area contributed by atoms with Crippen molar-refractivity contribution in [2.24, 2.45) is 5.73 Å². The van der Waals surface area contributed by atoms with E-state index in [9.17, 15) is 32.3 Å². The Kier molecular flexibility index (Phi) is 11.0. The number of H-pyrrole nitrogens is 2. The number of hydrogen-bond donors (Lipinski definition) is 7. The van der Waals surface area contributed by atoms with Gasteiger partial charge >= 0.3 is 0 Å². The lowest BCUT2D eigenvalue weighted by Gasteiger charge is -2.26. The Labute approximate surface area is 280 Å². The molecule has 3 amide bonds. The van der Waals surface area contributed by atoms with Gasteiger partial charge in [-0.15, -0.1) is 0 Å². The molecule has 2 unspecified atom stereocenters. The molecule has 0 saturated heterocycles. The summed E-state index contributed by atoms with van der Waals surface area (Å²) in [6, 6.07) is 13.8. The Balaban J connectivity index is 1.37. The monoisotopic (exact) mass is 707 g/mol. The zero-order chi connectivity index (χ0) is 35.0. The summed E-state index contributed by atoms with van der Waals surface area (Å²) in [5.74, 6) is -4.30. The molecule has 5 rings (SSSR count). The number of primary amides is 1.